The van der Waals surface area contributed by atoms with Crippen molar-refractivity contribution in [3.05, 3.63) is 52.0 Å². The summed E-state index contributed by atoms with van der Waals surface area (Å²) in [6.45, 7) is 1.63. The fourth-order valence-corrected chi connectivity index (χ4v) is 3.68. The number of rotatable bonds is 5. The SMILES string of the molecule is Cc1nn(C)c(Sc2nc(C3CC3)n(-c3ccccc3)n2)c1[N+](=O)[O-]. The average molecular weight is 356 g/mol. The van der Waals surface area contributed by atoms with Crippen LogP contribution in [0, 0.1) is 17.0 Å². The molecule has 0 amide bonds. The van der Waals surface area contributed by atoms with Crippen LogP contribution >= 0.6 is 11.8 Å². The minimum atomic E-state index is -0.402. The maximum absolute atomic E-state index is 11.4. The second kappa shape index (κ2) is 5.99. The van der Waals surface area contributed by atoms with Crippen LogP contribution in [0.5, 0.6) is 0 Å². The smallest absolute Gasteiger partial charge is 0.258 e. The van der Waals surface area contributed by atoms with E-state index < -0.39 is 4.92 Å². The number of nitrogens with zero attached hydrogens (tertiary/aromatic N) is 6. The standard InChI is InChI=1S/C16H16N6O2S/c1-10-13(22(23)24)15(20(2)18-10)25-16-17-14(11-8-9-11)21(19-16)12-6-4-3-5-7-12/h3-7,11H,8-9H2,1-2H3. The van der Waals surface area contributed by atoms with Crippen molar-refractivity contribution in [3.63, 3.8) is 0 Å². The first-order chi connectivity index (χ1) is 12.0. The van der Waals surface area contributed by atoms with Gasteiger partial charge in [-0.1, -0.05) is 18.2 Å². The molecular weight excluding hydrogens is 340 g/mol. The van der Waals surface area contributed by atoms with Crippen LogP contribution in [0.1, 0.15) is 30.3 Å². The summed E-state index contributed by atoms with van der Waals surface area (Å²) in [6.07, 6.45) is 2.20. The van der Waals surface area contributed by atoms with E-state index in [1.54, 1.807) is 14.0 Å². The van der Waals surface area contributed by atoms with E-state index in [0.717, 1.165) is 24.4 Å². The van der Waals surface area contributed by atoms with Crippen molar-refractivity contribution in [2.75, 3.05) is 0 Å². The summed E-state index contributed by atoms with van der Waals surface area (Å²) in [4.78, 5) is 15.6. The lowest BCUT2D eigenvalue weighted by atomic mass is 10.3. The molecule has 1 saturated carbocycles. The zero-order valence-electron chi connectivity index (χ0n) is 13.8. The van der Waals surface area contributed by atoms with Crippen molar-refractivity contribution in [2.45, 2.75) is 35.9 Å². The average Bonchev–Trinajstić information content (AvgIpc) is 3.28. The maximum atomic E-state index is 11.4. The van der Waals surface area contributed by atoms with Crippen molar-refractivity contribution in [1.82, 2.24) is 24.5 Å². The molecule has 25 heavy (non-hydrogen) atoms. The van der Waals surface area contributed by atoms with Crippen molar-refractivity contribution in [3.8, 4) is 5.69 Å². The van der Waals surface area contributed by atoms with Crippen LogP contribution in [0.15, 0.2) is 40.5 Å². The van der Waals surface area contributed by atoms with E-state index >= 15 is 0 Å². The minimum Gasteiger partial charge on any atom is -0.258 e. The molecule has 0 atom stereocenters. The molecule has 1 aliphatic carbocycles. The lowest BCUT2D eigenvalue weighted by Crippen LogP contribution is -2.01. The van der Waals surface area contributed by atoms with Crippen molar-refractivity contribution in [1.29, 1.82) is 0 Å². The fraction of sp³-hybridized carbons (Fsp3) is 0.312. The Hall–Kier alpha value is -2.68. The van der Waals surface area contributed by atoms with Crippen LogP contribution in [0.2, 0.25) is 0 Å². The molecular formula is C16H16N6O2S. The van der Waals surface area contributed by atoms with Gasteiger partial charge in [0.05, 0.1) is 10.6 Å². The Morgan fingerprint density at radius 3 is 2.60 bits per heavy atom. The monoisotopic (exact) mass is 356 g/mol. The third-order valence-electron chi connectivity index (χ3n) is 4.07. The molecule has 0 saturated heterocycles. The van der Waals surface area contributed by atoms with Crippen molar-refractivity contribution in [2.24, 2.45) is 7.05 Å². The van der Waals surface area contributed by atoms with Crippen molar-refractivity contribution >= 4 is 17.4 Å². The Morgan fingerprint density at radius 1 is 1.24 bits per heavy atom. The van der Waals surface area contributed by atoms with Crippen LogP contribution in [-0.4, -0.2) is 29.5 Å². The predicted octanol–water partition coefficient (Wildman–Crippen LogP) is 3.25. The molecule has 0 aliphatic heterocycles. The maximum Gasteiger partial charge on any atom is 0.324 e. The second-order valence-electron chi connectivity index (χ2n) is 6.00. The second-order valence-corrected chi connectivity index (χ2v) is 6.95. The molecule has 0 radical (unpaired) electrons. The van der Waals surface area contributed by atoms with Crippen molar-refractivity contribution < 1.29 is 4.92 Å². The van der Waals surface area contributed by atoms with E-state index in [2.05, 4.69) is 15.2 Å². The van der Waals surface area contributed by atoms with Gasteiger partial charge in [0.25, 0.3) is 0 Å². The predicted molar refractivity (Wildman–Crippen MR) is 92.1 cm³/mol. The van der Waals surface area contributed by atoms with E-state index in [1.165, 1.54) is 16.4 Å². The quantitative estimate of drug-likeness (QED) is 0.515. The molecule has 1 aliphatic rings. The third-order valence-corrected chi connectivity index (χ3v) is 5.07. The van der Waals surface area contributed by atoms with Crippen LogP contribution in [-0.2, 0) is 7.05 Å². The number of aryl methyl sites for hydroxylation is 2. The van der Waals surface area contributed by atoms with Gasteiger partial charge in [0.2, 0.25) is 5.16 Å². The summed E-state index contributed by atoms with van der Waals surface area (Å²) in [6, 6.07) is 9.82. The summed E-state index contributed by atoms with van der Waals surface area (Å²) in [5, 5.41) is 21.0. The first-order valence-electron chi connectivity index (χ1n) is 7.93. The molecule has 2 heterocycles. The number of nitro groups is 1. The molecule has 0 N–H and O–H groups in total. The number of hydrogen-bond donors (Lipinski definition) is 0. The number of benzene rings is 1. The summed E-state index contributed by atoms with van der Waals surface area (Å²) < 4.78 is 3.35. The Kier molecular flexibility index (Phi) is 3.79. The molecule has 0 bridgehead atoms. The van der Waals surface area contributed by atoms with Crippen LogP contribution in [0.4, 0.5) is 5.69 Å². The molecule has 3 aromatic rings. The van der Waals surface area contributed by atoms with Crippen LogP contribution in [0.3, 0.4) is 0 Å². The summed E-state index contributed by atoms with van der Waals surface area (Å²) in [5.74, 6) is 1.32. The van der Waals surface area contributed by atoms with Gasteiger partial charge in [-0.3, -0.25) is 14.8 Å². The Bertz CT molecular complexity index is 945. The molecule has 8 nitrogen and oxygen atoms in total. The third kappa shape index (κ3) is 2.91. The van der Waals surface area contributed by atoms with E-state index in [0.29, 0.717) is 21.8 Å². The van der Waals surface area contributed by atoms with Gasteiger partial charge in [-0.15, -0.1) is 5.10 Å². The lowest BCUT2D eigenvalue weighted by molar-refractivity contribution is -0.388. The van der Waals surface area contributed by atoms with E-state index in [-0.39, 0.29) is 5.69 Å². The van der Waals surface area contributed by atoms with Gasteiger partial charge in [-0.2, -0.15) is 5.10 Å². The molecule has 1 fully saturated rings. The largest absolute Gasteiger partial charge is 0.324 e. The molecule has 128 valence electrons. The number of aromatic nitrogens is 5. The first-order valence-corrected chi connectivity index (χ1v) is 8.74. The van der Waals surface area contributed by atoms with E-state index in [4.69, 9.17) is 0 Å². The molecule has 2 aromatic heterocycles. The Balaban J connectivity index is 1.75. The highest BCUT2D eigenvalue weighted by atomic mass is 32.2. The fourth-order valence-electron chi connectivity index (χ4n) is 2.75. The summed E-state index contributed by atoms with van der Waals surface area (Å²) >= 11 is 1.18. The van der Waals surface area contributed by atoms with Crippen LogP contribution in [0.25, 0.3) is 5.69 Å². The van der Waals surface area contributed by atoms with E-state index in [1.807, 2.05) is 35.0 Å². The number of para-hydroxylation sites is 1. The Morgan fingerprint density at radius 2 is 1.96 bits per heavy atom. The summed E-state index contributed by atoms with van der Waals surface area (Å²) in [5.41, 5.74) is 1.34. The van der Waals surface area contributed by atoms with Gasteiger partial charge in [0.1, 0.15) is 11.5 Å². The summed E-state index contributed by atoms with van der Waals surface area (Å²) in [7, 11) is 1.69. The van der Waals surface area contributed by atoms with Gasteiger partial charge < -0.3 is 0 Å². The highest BCUT2D eigenvalue weighted by molar-refractivity contribution is 7.99. The van der Waals surface area contributed by atoms with Gasteiger partial charge in [0.15, 0.2) is 5.03 Å². The Labute approximate surface area is 148 Å². The minimum absolute atomic E-state index is 0.0107. The first kappa shape index (κ1) is 15.8. The van der Waals surface area contributed by atoms with Gasteiger partial charge in [0, 0.05) is 13.0 Å². The molecule has 0 unspecified atom stereocenters. The zero-order chi connectivity index (χ0) is 17.6. The molecule has 9 heteroatoms. The van der Waals surface area contributed by atoms with E-state index in [9.17, 15) is 10.1 Å². The molecule has 1 aromatic carbocycles. The molecule has 4 rings (SSSR count). The zero-order valence-corrected chi connectivity index (χ0v) is 14.6. The highest BCUT2D eigenvalue weighted by Crippen LogP contribution is 2.42. The highest BCUT2D eigenvalue weighted by Gasteiger charge is 2.32. The molecule has 0 spiro atoms. The number of hydrogen-bond acceptors (Lipinski definition) is 6. The van der Waals surface area contributed by atoms with Crippen LogP contribution < -0.4 is 0 Å². The van der Waals surface area contributed by atoms with Gasteiger partial charge in [-0.25, -0.2) is 9.67 Å². The normalized spacial score (nSPS) is 14.0. The van der Waals surface area contributed by atoms with Gasteiger partial charge >= 0.3 is 5.69 Å². The lowest BCUT2D eigenvalue weighted by Gasteiger charge is -2.03. The topological polar surface area (TPSA) is 91.7 Å². The van der Waals surface area contributed by atoms with Gasteiger partial charge in [-0.05, 0) is 43.7 Å².